The van der Waals surface area contributed by atoms with Crippen LogP contribution in [-0.4, -0.2) is 0 Å². The van der Waals surface area contributed by atoms with Gasteiger partial charge >= 0.3 is 0 Å². The summed E-state index contributed by atoms with van der Waals surface area (Å²) < 4.78 is 0. The molecular formula is C12H17BrS. The maximum atomic E-state index is 3.92. The fourth-order valence-corrected chi connectivity index (χ4v) is 4.70. The van der Waals surface area contributed by atoms with E-state index in [9.17, 15) is 0 Å². The maximum absolute atomic E-state index is 3.92. The average molecular weight is 273 g/mol. The van der Waals surface area contributed by atoms with Gasteiger partial charge in [-0.2, -0.15) is 0 Å². The number of rotatable bonds is 3. The predicted octanol–water partition coefficient (Wildman–Crippen LogP) is 5.15. The molecule has 0 amide bonds. The van der Waals surface area contributed by atoms with Crippen molar-refractivity contribution in [2.75, 3.05) is 0 Å². The Hall–Kier alpha value is 0.180. The molecule has 1 fully saturated rings. The molecule has 2 heteroatoms. The van der Waals surface area contributed by atoms with Gasteiger partial charge in [0.1, 0.15) is 0 Å². The molecule has 78 valence electrons. The van der Waals surface area contributed by atoms with Crippen molar-refractivity contribution in [3.8, 4) is 0 Å². The van der Waals surface area contributed by atoms with Gasteiger partial charge in [0.2, 0.25) is 0 Å². The third kappa shape index (κ3) is 1.79. The molecule has 1 atom stereocenters. The lowest BCUT2D eigenvalue weighted by atomic mass is 9.79. The van der Waals surface area contributed by atoms with E-state index in [1.54, 1.807) is 0 Å². The molecule has 0 N–H and O–H groups in total. The monoisotopic (exact) mass is 272 g/mol. The van der Waals surface area contributed by atoms with Crippen LogP contribution in [0.3, 0.4) is 0 Å². The van der Waals surface area contributed by atoms with Crippen LogP contribution in [0.15, 0.2) is 17.5 Å². The van der Waals surface area contributed by atoms with Crippen molar-refractivity contribution in [1.29, 1.82) is 0 Å². The van der Waals surface area contributed by atoms with Gasteiger partial charge in [-0.05, 0) is 36.1 Å². The topological polar surface area (TPSA) is 0 Å². The van der Waals surface area contributed by atoms with E-state index in [1.165, 1.54) is 37.0 Å². The Bertz CT molecular complexity index is 273. The minimum absolute atomic E-state index is 0.546. The van der Waals surface area contributed by atoms with Crippen LogP contribution in [0.2, 0.25) is 0 Å². The second-order valence-corrected chi connectivity index (χ2v) is 6.20. The van der Waals surface area contributed by atoms with Crippen LogP contribution in [0.4, 0.5) is 0 Å². The first-order chi connectivity index (χ1) is 6.78. The van der Waals surface area contributed by atoms with Crippen molar-refractivity contribution < 1.29 is 0 Å². The highest BCUT2D eigenvalue weighted by molar-refractivity contribution is 9.09. The van der Waals surface area contributed by atoms with Gasteiger partial charge in [0.15, 0.2) is 0 Å². The Kier molecular flexibility index (Phi) is 3.33. The lowest BCUT2D eigenvalue weighted by molar-refractivity contribution is 0.281. The fourth-order valence-electron chi connectivity index (χ4n) is 2.60. The van der Waals surface area contributed by atoms with Gasteiger partial charge in [-0.3, -0.25) is 0 Å². The van der Waals surface area contributed by atoms with E-state index in [4.69, 9.17) is 0 Å². The van der Waals surface area contributed by atoms with Crippen molar-refractivity contribution in [3.63, 3.8) is 0 Å². The molecule has 0 spiro atoms. The smallest absolute Gasteiger partial charge is 0.0545 e. The van der Waals surface area contributed by atoms with Crippen LogP contribution in [-0.2, 0) is 0 Å². The highest BCUT2D eigenvalue weighted by atomic mass is 79.9. The SMILES string of the molecule is CCC1(C(Br)c2cccs2)CCCC1. The highest BCUT2D eigenvalue weighted by Crippen LogP contribution is 2.54. The zero-order chi connectivity index (χ0) is 10.0. The second kappa shape index (κ2) is 4.36. The summed E-state index contributed by atoms with van der Waals surface area (Å²) in [5.41, 5.74) is 0.546. The van der Waals surface area contributed by atoms with Crippen LogP contribution in [0.5, 0.6) is 0 Å². The summed E-state index contributed by atoms with van der Waals surface area (Å²) in [6, 6.07) is 4.42. The molecule has 2 rings (SSSR count). The quantitative estimate of drug-likeness (QED) is 0.668. The van der Waals surface area contributed by atoms with E-state index >= 15 is 0 Å². The molecule has 1 aromatic heterocycles. The lowest BCUT2D eigenvalue weighted by Gasteiger charge is -2.32. The molecule has 0 aliphatic heterocycles. The van der Waals surface area contributed by atoms with Gasteiger partial charge in [0.05, 0.1) is 4.83 Å². The molecule has 0 nitrogen and oxygen atoms in total. The summed E-state index contributed by atoms with van der Waals surface area (Å²) in [6.45, 7) is 2.34. The largest absolute Gasteiger partial charge is 0.148 e. The first-order valence-corrected chi connectivity index (χ1v) is 7.25. The Morgan fingerprint density at radius 2 is 2.21 bits per heavy atom. The minimum atomic E-state index is 0.546. The normalized spacial score (nSPS) is 22.4. The molecular weight excluding hydrogens is 256 g/mol. The zero-order valence-electron chi connectivity index (χ0n) is 8.63. The number of alkyl halides is 1. The number of halogens is 1. The highest BCUT2D eigenvalue weighted by Gasteiger charge is 2.39. The van der Waals surface area contributed by atoms with E-state index in [0.717, 1.165) is 0 Å². The van der Waals surface area contributed by atoms with Crippen molar-refractivity contribution in [3.05, 3.63) is 22.4 Å². The van der Waals surface area contributed by atoms with Gasteiger partial charge in [0, 0.05) is 4.88 Å². The summed E-state index contributed by atoms with van der Waals surface area (Å²) in [6.07, 6.45) is 6.94. The zero-order valence-corrected chi connectivity index (χ0v) is 11.0. The van der Waals surface area contributed by atoms with Gasteiger partial charge in [-0.25, -0.2) is 0 Å². The van der Waals surface area contributed by atoms with Gasteiger partial charge in [0.25, 0.3) is 0 Å². The van der Waals surface area contributed by atoms with Crippen LogP contribution >= 0.6 is 27.3 Å². The molecule has 1 aliphatic rings. The Balaban J connectivity index is 2.19. The van der Waals surface area contributed by atoms with Gasteiger partial charge in [-0.15, -0.1) is 11.3 Å². The van der Waals surface area contributed by atoms with Crippen LogP contribution in [0.1, 0.15) is 48.7 Å². The summed E-state index contributed by atoms with van der Waals surface area (Å²) in [7, 11) is 0. The lowest BCUT2D eigenvalue weighted by Crippen LogP contribution is -2.20. The molecule has 0 radical (unpaired) electrons. The fraction of sp³-hybridized carbons (Fsp3) is 0.667. The first-order valence-electron chi connectivity index (χ1n) is 5.46. The van der Waals surface area contributed by atoms with Crippen molar-refractivity contribution >= 4 is 27.3 Å². The number of thiophene rings is 1. The third-order valence-corrected chi connectivity index (χ3v) is 6.34. The summed E-state index contributed by atoms with van der Waals surface area (Å²) in [4.78, 5) is 2.09. The van der Waals surface area contributed by atoms with E-state index < -0.39 is 0 Å². The molecule has 0 bridgehead atoms. The summed E-state index contributed by atoms with van der Waals surface area (Å²) >= 11 is 5.80. The summed E-state index contributed by atoms with van der Waals surface area (Å²) in [5, 5.41) is 2.18. The molecule has 0 saturated heterocycles. The van der Waals surface area contributed by atoms with Crippen LogP contribution < -0.4 is 0 Å². The van der Waals surface area contributed by atoms with E-state index in [0.29, 0.717) is 10.2 Å². The minimum Gasteiger partial charge on any atom is -0.148 e. The van der Waals surface area contributed by atoms with Gasteiger partial charge < -0.3 is 0 Å². The molecule has 1 aliphatic carbocycles. The molecule has 0 aromatic carbocycles. The number of hydrogen-bond donors (Lipinski definition) is 0. The molecule has 14 heavy (non-hydrogen) atoms. The second-order valence-electron chi connectivity index (χ2n) is 4.30. The molecule has 1 saturated carbocycles. The van der Waals surface area contributed by atoms with Crippen molar-refractivity contribution in [2.45, 2.75) is 43.9 Å². The Morgan fingerprint density at radius 1 is 1.50 bits per heavy atom. The summed E-state index contributed by atoms with van der Waals surface area (Å²) in [5.74, 6) is 0. The Labute approximate surface area is 98.9 Å². The Morgan fingerprint density at radius 3 is 2.71 bits per heavy atom. The molecule has 1 heterocycles. The van der Waals surface area contributed by atoms with Crippen molar-refractivity contribution in [2.24, 2.45) is 5.41 Å². The van der Waals surface area contributed by atoms with E-state index in [2.05, 4.69) is 40.4 Å². The van der Waals surface area contributed by atoms with Crippen LogP contribution in [0.25, 0.3) is 0 Å². The number of hydrogen-bond acceptors (Lipinski definition) is 1. The van der Waals surface area contributed by atoms with Gasteiger partial charge in [-0.1, -0.05) is 41.8 Å². The first kappa shape index (κ1) is 10.7. The van der Waals surface area contributed by atoms with E-state index in [1.807, 2.05) is 11.3 Å². The average Bonchev–Trinajstić information content (AvgIpc) is 2.89. The van der Waals surface area contributed by atoms with Crippen molar-refractivity contribution in [1.82, 2.24) is 0 Å². The molecule has 1 unspecified atom stereocenters. The predicted molar refractivity (Wildman–Crippen MR) is 67.2 cm³/mol. The molecule has 1 aromatic rings. The van der Waals surface area contributed by atoms with Crippen LogP contribution in [0, 0.1) is 5.41 Å². The third-order valence-electron chi connectivity index (χ3n) is 3.63. The standard InChI is InChI=1S/C12H17BrS/c1-2-12(7-3-4-8-12)11(13)10-6-5-9-14-10/h5-6,9,11H,2-4,7-8H2,1H3. The van der Waals surface area contributed by atoms with E-state index in [-0.39, 0.29) is 0 Å². The maximum Gasteiger partial charge on any atom is 0.0545 e.